The molecule has 0 spiro atoms. The molecule has 0 aliphatic carbocycles. The fourth-order valence-corrected chi connectivity index (χ4v) is 2.15. The molecule has 0 heterocycles. The van der Waals surface area contributed by atoms with Crippen LogP contribution in [0, 0.1) is 13.8 Å². The van der Waals surface area contributed by atoms with Crippen LogP contribution >= 0.6 is 11.6 Å². The molecule has 0 aromatic heterocycles. The van der Waals surface area contributed by atoms with E-state index in [1.165, 1.54) is 11.1 Å². The molecule has 0 radical (unpaired) electrons. The number of anilines is 1. The average Bonchev–Trinajstić information content (AvgIpc) is 2.15. The van der Waals surface area contributed by atoms with Crippen LogP contribution in [-0.4, -0.2) is 0 Å². The molecular weight excluding hydrogens is 218 g/mol. The molecule has 2 aromatic rings. The SMILES string of the molecule is Cc1cc(N)cc(-c2ccc(Cl)cc2C)c1. The minimum atomic E-state index is 0.766. The Morgan fingerprint density at radius 3 is 2.38 bits per heavy atom. The van der Waals surface area contributed by atoms with Gasteiger partial charge in [-0.25, -0.2) is 0 Å². The summed E-state index contributed by atoms with van der Waals surface area (Å²) in [6.45, 7) is 4.10. The van der Waals surface area contributed by atoms with Crippen molar-refractivity contribution in [3.63, 3.8) is 0 Å². The third kappa shape index (κ3) is 2.20. The summed E-state index contributed by atoms with van der Waals surface area (Å²) in [6.07, 6.45) is 0. The lowest BCUT2D eigenvalue weighted by Crippen LogP contribution is -1.89. The lowest BCUT2D eigenvalue weighted by Gasteiger charge is -2.08. The summed E-state index contributed by atoms with van der Waals surface area (Å²) < 4.78 is 0. The standard InChI is InChI=1S/C14H14ClN/c1-9-5-11(8-13(16)6-9)14-4-3-12(15)7-10(14)2/h3-8H,16H2,1-2H3. The maximum absolute atomic E-state index is 5.94. The summed E-state index contributed by atoms with van der Waals surface area (Å²) >= 11 is 5.94. The third-order valence-electron chi connectivity index (χ3n) is 2.60. The van der Waals surface area contributed by atoms with Gasteiger partial charge in [0.1, 0.15) is 0 Å². The second-order valence-corrected chi connectivity index (χ2v) is 4.53. The van der Waals surface area contributed by atoms with E-state index in [4.69, 9.17) is 17.3 Å². The van der Waals surface area contributed by atoms with Gasteiger partial charge in [-0.1, -0.05) is 23.7 Å². The normalized spacial score (nSPS) is 10.4. The Balaban J connectivity index is 2.58. The highest BCUT2D eigenvalue weighted by molar-refractivity contribution is 6.30. The fourth-order valence-electron chi connectivity index (χ4n) is 1.92. The second kappa shape index (κ2) is 4.18. The molecule has 16 heavy (non-hydrogen) atoms. The molecule has 2 aromatic carbocycles. The Kier molecular flexibility index (Phi) is 2.88. The maximum atomic E-state index is 5.94. The summed E-state index contributed by atoms with van der Waals surface area (Å²) in [5.74, 6) is 0. The molecule has 0 saturated carbocycles. The van der Waals surface area contributed by atoms with E-state index in [-0.39, 0.29) is 0 Å². The van der Waals surface area contributed by atoms with Crippen molar-refractivity contribution >= 4 is 17.3 Å². The van der Waals surface area contributed by atoms with Gasteiger partial charge in [0, 0.05) is 10.7 Å². The van der Waals surface area contributed by atoms with Crippen molar-refractivity contribution in [1.29, 1.82) is 0 Å². The minimum absolute atomic E-state index is 0.766. The van der Waals surface area contributed by atoms with Crippen LogP contribution in [0.5, 0.6) is 0 Å². The number of aryl methyl sites for hydroxylation is 2. The Bertz CT molecular complexity index is 512. The molecule has 0 bridgehead atoms. The van der Waals surface area contributed by atoms with Crippen LogP contribution in [-0.2, 0) is 0 Å². The lowest BCUT2D eigenvalue weighted by molar-refractivity contribution is 1.43. The van der Waals surface area contributed by atoms with Gasteiger partial charge in [-0.2, -0.15) is 0 Å². The number of nitrogens with two attached hydrogens (primary N) is 1. The van der Waals surface area contributed by atoms with Gasteiger partial charge in [0.05, 0.1) is 0 Å². The first-order valence-corrected chi connectivity index (χ1v) is 5.58. The van der Waals surface area contributed by atoms with E-state index in [2.05, 4.69) is 13.0 Å². The molecule has 0 fully saturated rings. The summed E-state index contributed by atoms with van der Waals surface area (Å²) in [6, 6.07) is 12.0. The van der Waals surface area contributed by atoms with Crippen LogP contribution in [0.1, 0.15) is 11.1 Å². The highest BCUT2D eigenvalue weighted by atomic mass is 35.5. The van der Waals surface area contributed by atoms with E-state index < -0.39 is 0 Å². The van der Waals surface area contributed by atoms with Crippen LogP contribution in [0.2, 0.25) is 5.02 Å². The first-order valence-electron chi connectivity index (χ1n) is 5.20. The van der Waals surface area contributed by atoms with Crippen molar-refractivity contribution in [1.82, 2.24) is 0 Å². The molecule has 0 saturated heterocycles. The number of hydrogen-bond acceptors (Lipinski definition) is 1. The van der Waals surface area contributed by atoms with E-state index in [0.717, 1.165) is 21.8 Å². The number of benzene rings is 2. The number of rotatable bonds is 1. The number of halogens is 1. The predicted molar refractivity (Wildman–Crippen MR) is 70.8 cm³/mol. The minimum Gasteiger partial charge on any atom is -0.399 e. The van der Waals surface area contributed by atoms with Gasteiger partial charge in [0.25, 0.3) is 0 Å². The Morgan fingerprint density at radius 1 is 1.00 bits per heavy atom. The molecular formula is C14H14ClN. The van der Waals surface area contributed by atoms with Gasteiger partial charge >= 0.3 is 0 Å². The summed E-state index contributed by atoms with van der Waals surface area (Å²) in [4.78, 5) is 0. The zero-order valence-corrected chi connectivity index (χ0v) is 10.2. The molecule has 0 aliphatic heterocycles. The first kappa shape index (κ1) is 11.0. The van der Waals surface area contributed by atoms with Crippen LogP contribution in [0.15, 0.2) is 36.4 Å². The van der Waals surface area contributed by atoms with Crippen molar-refractivity contribution in [3.8, 4) is 11.1 Å². The summed E-state index contributed by atoms with van der Waals surface area (Å²) in [5.41, 5.74) is 11.3. The average molecular weight is 232 g/mol. The van der Waals surface area contributed by atoms with E-state index in [0.29, 0.717) is 0 Å². The molecule has 1 nitrogen and oxygen atoms in total. The van der Waals surface area contributed by atoms with E-state index >= 15 is 0 Å². The monoisotopic (exact) mass is 231 g/mol. The summed E-state index contributed by atoms with van der Waals surface area (Å²) in [7, 11) is 0. The Labute approximate surface area is 101 Å². The van der Waals surface area contributed by atoms with Gasteiger partial charge < -0.3 is 5.73 Å². The molecule has 0 amide bonds. The highest BCUT2D eigenvalue weighted by Crippen LogP contribution is 2.28. The van der Waals surface area contributed by atoms with Gasteiger partial charge in [0.15, 0.2) is 0 Å². The molecule has 2 N–H and O–H groups in total. The van der Waals surface area contributed by atoms with Gasteiger partial charge in [-0.05, 0) is 60.4 Å². The van der Waals surface area contributed by atoms with E-state index in [9.17, 15) is 0 Å². The van der Waals surface area contributed by atoms with Gasteiger partial charge in [-0.15, -0.1) is 0 Å². The molecule has 0 aliphatic rings. The zero-order chi connectivity index (χ0) is 11.7. The lowest BCUT2D eigenvalue weighted by atomic mass is 9.98. The zero-order valence-electron chi connectivity index (χ0n) is 9.42. The van der Waals surface area contributed by atoms with Gasteiger partial charge in [0.2, 0.25) is 0 Å². The van der Waals surface area contributed by atoms with E-state index in [1.807, 2.05) is 37.3 Å². The smallest absolute Gasteiger partial charge is 0.0409 e. The van der Waals surface area contributed by atoms with Crippen LogP contribution in [0.25, 0.3) is 11.1 Å². The molecule has 0 atom stereocenters. The molecule has 2 heteroatoms. The van der Waals surface area contributed by atoms with Crippen LogP contribution < -0.4 is 5.73 Å². The molecule has 0 unspecified atom stereocenters. The van der Waals surface area contributed by atoms with Crippen molar-refractivity contribution in [2.24, 2.45) is 0 Å². The first-order chi connectivity index (χ1) is 7.56. The maximum Gasteiger partial charge on any atom is 0.0409 e. The topological polar surface area (TPSA) is 26.0 Å². The summed E-state index contributed by atoms with van der Waals surface area (Å²) in [5, 5.41) is 0.766. The van der Waals surface area contributed by atoms with Crippen molar-refractivity contribution in [2.45, 2.75) is 13.8 Å². The quantitative estimate of drug-likeness (QED) is 0.732. The van der Waals surface area contributed by atoms with Crippen molar-refractivity contribution < 1.29 is 0 Å². The molecule has 2 rings (SSSR count). The Morgan fingerprint density at radius 2 is 1.75 bits per heavy atom. The predicted octanol–water partition coefficient (Wildman–Crippen LogP) is 4.21. The van der Waals surface area contributed by atoms with Gasteiger partial charge in [-0.3, -0.25) is 0 Å². The van der Waals surface area contributed by atoms with Crippen LogP contribution in [0.3, 0.4) is 0 Å². The second-order valence-electron chi connectivity index (χ2n) is 4.09. The highest BCUT2D eigenvalue weighted by Gasteiger charge is 2.03. The number of nitrogen functional groups attached to an aromatic ring is 1. The number of hydrogen-bond donors (Lipinski definition) is 1. The third-order valence-corrected chi connectivity index (χ3v) is 2.83. The van der Waals surface area contributed by atoms with Crippen molar-refractivity contribution in [3.05, 3.63) is 52.5 Å². The van der Waals surface area contributed by atoms with Crippen LogP contribution in [0.4, 0.5) is 5.69 Å². The molecule has 82 valence electrons. The van der Waals surface area contributed by atoms with E-state index in [1.54, 1.807) is 0 Å². The Hall–Kier alpha value is -1.47. The van der Waals surface area contributed by atoms with Crippen molar-refractivity contribution in [2.75, 3.05) is 5.73 Å². The largest absolute Gasteiger partial charge is 0.399 e. The fraction of sp³-hybridized carbons (Fsp3) is 0.143.